The van der Waals surface area contributed by atoms with Crippen molar-refractivity contribution in [1.29, 1.82) is 0 Å². The molecule has 1 N–H and O–H groups in total. The average molecular weight is 423 g/mol. The van der Waals surface area contributed by atoms with Gasteiger partial charge in [-0.2, -0.15) is 0 Å². The lowest BCUT2D eigenvalue weighted by atomic mass is 10.1. The van der Waals surface area contributed by atoms with Crippen molar-refractivity contribution in [3.63, 3.8) is 0 Å². The standard InChI is InChI=1S/C23H19ClN2O2S/c1-14-9-10-17(12-15(14)2)25-21-20(19-8-5-11-29-19)22(27)26(23(21)28)13-16-6-3-4-7-18(16)24/h3-12,25H,13H2,1-2H3. The Bertz CT molecular complexity index is 1140. The zero-order valence-corrected chi connectivity index (χ0v) is 17.6. The molecule has 0 spiro atoms. The van der Waals surface area contributed by atoms with Crippen LogP contribution in [0.15, 0.2) is 65.7 Å². The molecule has 4 rings (SSSR count). The lowest BCUT2D eigenvalue weighted by molar-refractivity contribution is -0.137. The maximum atomic E-state index is 13.2. The Morgan fingerprint density at radius 3 is 2.45 bits per heavy atom. The minimum absolute atomic E-state index is 0.129. The molecular weight excluding hydrogens is 404 g/mol. The van der Waals surface area contributed by atoms with Crippen LogP contribution in [0.25, 0.3) is 5.57 Å². The van der Waals surface area contributed by atoms with Crippen molar-refractivity contribution in [3.05, 3.63) is 92.3 Å². The molecule has 0 atom stereocenters. The highest BCUT2D eigenvalue weighted by Crippen LogP contribution is 2.34. The van der Waals surface area contributed by atoms with Gasteiger partial charge in [0.2, 0.25) is 0 Å². The van der Waals surface area contributed by atoms with Crippen molar-refractivity contribution >= 4 is 46.0 Å². The van der Waals surface area contributed by atoms with Gasteiger partial charge in [-0.3, -0.25) is 14.5 Å². The van der Waals surface area contributed by atoms with Crippen molar-refractivity contribution < 1.29 is 9.59 Å². The minimum Gasteiger partial charge on any atom is -0.350 e. The molecule has 0 fully saturated rings. The van der Waals surface area contributed by atoms with Gasteiger partial charge >= 0.3 is 0 Å². The van der Waals surface area contributed by atoms with Gasteiger partial charge in [0.15, 0.2) is 0 Å². The van der Waals surface area contributed by atoms with E-state index in [0.717, 1.165) is 27.3 Å². The molecule has 0 radical (unpaired) electrons. The second-order valence-electron chi connectivity index (χ2n) is 6.94. The summed E-state index contributed by atoms with van der Waals surface area (Å²) in [5.74, 6) is -0.666. The maximum Gasteiger partial charge on any atom is 0.278 e. The number of aryl methyl sites for hydroxylation is 2. The topological polar surface area (TPSA) is 49.4 Å². The lowest BCUT2D eigenvalue weighted by Gasteiger charge is -2.16. The van der Waals surface area contributed by atoms with Crippen LogP contribution in [0.1, 0.15) is 21.6 Å². The summed E-state index contributed by atoms with van der Waals surface area (Å²) in [6.45, 7) is 4.18. The Balaban J connectivity index is 1.72. The van der Waals surface area contributed by atoms with Crippen LogP contribution < -0.4 is 5.32 Å². The van der Waals surface area contributed by atoms with Crippen LogP contribution in [-0.4, -0.2) is 16.7 Å². The lowest BCUT2D eigenvalue weighted by Crippen LogP contribution is -2.32. The average Bonchev–Trinajstić information content (AvgIpc) is 3.29. The van der Waals surface area contributed by atoms with E-state index in [0.29, 0.717) is 16.3 Å². The molecule has 2 amide bonds. The Morgan fingerprint density at radius 2 is 1.76 bits per heavy atom. The SMILES string of the molecule is Cc1ccc(NC2=C(c3cccs3)C(=O)N(Cc3ccccc3Cl)C2=O)cc1C. The zero-order chi connectivity index (χ0) is 20.5. The van der Waals surface area contributed by atoms with Crippen LogP contribution in [0.4, 0.5) is 5.69 Å². The van der Waals surface area contributed by atoms with E-state index in [2.05, 4.69) is 5.32 Å². The van der Waals surface area contributed by atoms with E-state index in [9.17, 15) is 9.59 Å². The second kappa shape index (κ2) is 7.85. The Kier molecular flexibility index (Phi) is 5.26. The quantitative estimate of drug-likeness (QED) is 0.559. The summed E-state index contributed by atoms with van der Waals surface area (Å²) in [4.78, 5) is 28.5. The van der Waals surface area contributed by atoms with Crippen molar-refractivity contribution in [3.8, 4) is 0 Å². The third kappa shape index (κ3) is 3.71. The molecule has 2 aromatic carbocycles. The summed E-state index contributed by atoms with van der Waals surface area (Å²) in [5, 5.41) is 5.62. The molecule has 1 aliphatic heterocycles. The Labute approximate surface area is 178 Å². The maximum absolute atomic E-state index is 13.2. The molecule has 0 unspecified atom stereocenters. The van der Waals surface area contributed by atoms with Crippen LogP contribution in [0.3, 0.4) is 0 Å². The first-order chi connectivity index (χ1) is 14.0. The number of halogens is 1. The third-order valence-corrected chi connectivity index (χ3v) is 6.25. The number of carbonyl (C=O) groups is 2. The Hall–Kier alpha value is -2.89. The first kappa shape index (κ1) is 19.4. The molecule has 1 aromatic heterocycles. The van der Waals surface area contributed by atoms with Gasteiger partial charge in [0.1, 0.15) is 5.70 Å². The van der Waals surface area contributed by atoms with E-state index in [4.69, 9.17) is 11.6 Å². The number of carbonyl (C=O) groups excluding carboxylic acids is 2. The molecule has 0 saturated heterocycles. The second-order valence-corrected chi connectivity index (χ2v) is 8.29. The van der Waals surface area contributed by atoms with E-state index in [1.165, 1.54) is 16.2 Å². The number of rotatable bonds is 5. The molecule has 146 valence electrons. The van der Waals surface area contributed by atoms with E-state index >= 15 is 0 Å². The van der Waals surface area contributed by atoms with Gasteiger partial charge in [-0.05, 0) is 60.2 Å². The predicted molar refractivity (Wildman–Crippen MR) is 118 cm³/mol. The summed E-state index contributed by atoms with van der Waals surface area (Å²) in [6.07, 6.45) is 0. The molecular formula is C23H19ClN2O2S. The highest BCUT2D eigenvalue weighted by Gasteiger charge is 2.39. The van der Waals surface area contributed by atoms with Crippen LogP contribution in [0.5, 0.6) is 0 Å². The van der Waals surface area contributed by atoms with E-state index < -0.39 is 0 Å². The number of nitrogens with one attached hydrogen (secondary N) is 1. The molecule has 0 aliphatic carbocycles. The number of thiophene rings is 1. The molecule has 3 aromatic rings. The number of benzene rings is 2. The number of hydrogen-bond donors (Lipinski definition) is 1. The molecule has 29 heavy (non-hydrogen) atoms. The van der Waals surface area contributed by atoms with Crippen LogP contribution >= 0.6 is 22.9 Å². The van der Waals surface area contributed by atoms with Gasteiger partial charge in [0.25, 0.3) is 11.8 Å². The van der Waals surface area contributed by atoms with Crippen molar-refractivity contribution in [2.75, 3.05) is 5.32 Å². The van der Waals surface area contributed by atoms with E-state index in [1.807, 2.05) is 67.8 Å². The summed E-state index contributed by atoms with van der Waals surface area (Å²) in [5.41, 5.74) is 4.48. The molecule has 1 aliphatic rings. The number of anilines is 1. The zero-order valence-electron chi connectivity index (χ0n) is 16.0. The highest BCUT2D eigenvalue weighted by molar-refractivity contribution is 7.11. The first-order valence-corrected chi connectivity index (χ1v) is 10.4. The van der Waals surface area contributed by atoms with Crippen molar-refractivity contribution in [1.82, 2.24) is 4.90 Å². The van der Waals surface area contributed by atoms with Gasteiger partial charge in [-0.25, -0.2) is 0 Å². The van der Waals surface area contributed by atoms with Gasteiger partial charge < -0.3 is 5.32 Å². The monoisotopic (exact) mass is 422 g/mol. The fourth-order valence-electron chi connectivity index (χ4n) is 3.25. The number of imide groups is 1. The van der Waals surface area contributed by atoms with Gasteiger partial charge in [0.05, 0.1) is 12.1 Å². The third-order valence-electron chi connectivity index (χ3n) is 5.00. The van der Waals surface area contributed by atoms with Crippen LogP contribution in [0, 0.1) is 13.8 Å². The number of nitrogens with zero attached hydrogens (tertiary/aromatic N) is 1. The predicted octanol–water partition coefficient (Wildman–Crippen LogP) is 5.41. The normalized spacial score (nSPS) is 14.1. The van der Waals surface area contributed by atoms with Crippen LogP contribution in [-0.2, 0) is 16.1 Å². The van der Waals surface area contributed by atoms with Gasteiger partial charge in [-0.1, -0.05) is 41.9 Å². The van der Waals surface area contributed by atoms with Crippen LogP contribution in [0.2, 0.25) is 5.02 Å². The summed E-state index contributed by atoms with van der Waals surface area (Å²) in [6, 6.07) is 16.8. The molecule has 2 heterocycles. The molecule has 0 bridgehead atoms. The van der Waals surface area contributed by atoms with Crippen molar-refractivity contribution in [2.45, 2.75) is 20.4 Å². The fourth-order valence-corrected chi connectivity index (χ4v) is 4.21. The van der Waals surface area contributed by atoms with Gasteiger partial charge in [-0.15, -0.1) is 11.3 Å². The van der Waals surface area contributed by atoms with Gasteiger partial charge in [0, 0.05) is 15.6 Å². The van der Waals surface area contributed by atoms with Crippen molar-refractivity contribution in [2.24, 2.45) is 0 Å². The van der Waals surface area contributed by atoms with E-state index in [1.54, 1.807) is 6.07 Å². The fraction of sp³-hybridized carbons (Fsp3) is 0.130. The minimum atomic E-state index is -0.350. The highest BCUT2D eigenvalue weighted by atomic mass is 35.5. The van der Waals surface area contributed by atoms with E-state index in [-0.39, 0.29) is 18.4 Å². The largest absolute Gasteiger partial charge is 0.350 e. The number of hydrogen-bond acceptors (Lipinski definition) is 4. The first-order valence-electron chi connectivity index (χ1n) is 9.17. The summed E-state index contributed by atoms with van der Waals surface area (Å²) >= 11 is 7.69. The summed E-state index contributed by atoms with van der Waals surface area (Å²) in [7, 11) is 0. The molecule has 4 nitrogen and oxygen atoms in total. The summed E-state index contributed by atoms with van der Waals surface area (Å²) < 4.78 is 0. The smallest absolute Gasteiger partial charge is 0.278 e. The molecule has 0 saturated carbocycles. The Morgan fingerprint density at radius 1 is 0.966 bits per heavy atom. The number of amides is 2. The molecule has 6 heteroatoms.